The molecule has 1 aromatic carbocycles. The van der Waals surface area contributed by atoms with Crippen molar-refractivity contribution < 1.29 is 13.7 Å². The molecule has 1 amide bonds. The Hall–Kier alpha value is -4.05. The van der Waals surface area contributed by atoms with Gasteiger partial charge in [-0.3, -0.25) is 4.79 Å². The molecule has 1 N–H and O–H groups in total. The standard InChI is InChI=1S/C28H30ClFN6O3/c1-6-7-12-35(17(4)14-31-15-37)26-20-13-21(29)23(19-10-8-9-11-22(19)30)32-27(20)36(28(38)33-26)24-18(5)34-39-25(24)16(2)3/h6,8-11,13,15-17H,1,7,12,14H2,2-5H3,(H,31,37). The number of hydrogen-bond acceptors (Lipinski definition) is 7. The van der Waals surface area contributed by atoms with Crippen molar-refractivity contribution >= 4 is 34.9 Å². The van der Waals surface area contributed by atoms with Gasteiger partial charge in [-0.05, 0) is 38.5 Å². The first-order valence-corrected chi connectivity index (χ1v) is 13.0. The SMILES string of the molecule is C=CCCN(c1nc(=O)n(-c2c(C)noc2C(C)C)c2nc(-c3ccccc3F)c(Cl)cc12)C(C)CNC=O. The number of nitrogens with one attached hydrogen (secondary N) is 1. The number of anilines is 1. The number of hydrogen-bond donors (Lipinski definition) is 1. The minimum atomic E-state index is -0.612. The number of amides is 1. The Morgan fingerprint density at radius 3 is 2.67 bits per heavy atom. The highest BCUT2D eigenvalue weighted by atomic mass is 35.5. The lowest BCUT2D eigenvalue weighted by Gasteiger charge is -2.31. The maximum atomic E-state index is 14.9. The summed E-state index contributed by atoms with van der Waals surface area (Å²) < 4.78 is 21.8. The van der Waals surface area contributed by atoms with Crippen LogP contribution in [0.4, 0.5) is 10.2 Å². The highest BCUT2D eigenvalue weighted by molar-refractivity contribution is 6.33. The Labute approximate surface area is 230 Å². The number of fused-ring (bicyclic) bond motifs is 1. The zero-order valence-electron chi connectivity index (χ0n) is 22.2. The molecule has 4 aromatic rings. The summed E-state index contributed by atoms with van der Waals surface area (Å²) in [4.78, 5) is 36.0. The lowest BCUT2D eigenvalue weighted by molar-refractivity contribution is -0.109. The van der Waals surface area contributed by atoms with Crippen LogP contribution in [-0.2, 0) is 4.79 Å². The molecule has 0 saturated heterocycles. The number of nitrogens with zero attached hydrogens (tertiary/aromatic N) is 5. The van der Waals surface area contributed by atoms with Crippen molar-refractivity contribution in [3.63, 3.8) is 0 Å². The quantitative estimate of drug-likeness (QED) is 0.202. The van der Waals surface area contributed by atoms with Crippen molar-refractivity contribution in [2.24, 2.45) is 0 Å². The number of carbonyl (C=O) groups is 1. The van der Waals surface area contributed by atoms with Crippen LogP contribution >= 0.6 is 11.6 Å². The van der Waals surface area contributed by atoms with E-state index in [0.29, 0.717) is 54.3 Å². The third-order valence-electron chi connectivity index (χ3n) is 6.41. The van der Waals surface area contributed by atoms with E-state index >= 15 is 0 Å². The minimum Gasteiger partial charge on any atom is -0.359 e. The minimum absolute atomic E-state index is 0.0975. The molecule has 39 heavy (non-hydrogen) atoms. The molecule has 3 heterocycles. The lowest BCUT2D eigenvalue weighted by Crippen LogP contribution is -2.42. The van der Waals surface area contributed by atoms with Gasteiger partial charge in [0.05, 0.1) is 16.1 Å². The molecule has 0 aliphatic carbocycles. The first kappa shape index (κ1) is 28.0. The van der Waals surface area contributed by atoms with Gasteiger partial charge in [0.25, 0.3) is 0 Å². The largest absolute Gasteiger partial charge is 0.359 e. The monoisotopic (exact) mass is 552 g/mol. The molecule has 204 valence electrons. The number of benzene rings is 1. The predicted molar refractivity (Wildman–Crippen MR) is 150 cm³/mol. The molecule has 9 nitrogen and oxygen atoms in total. The van der Waals surface area contributed by atoms with E-state index in [4.69, 9.17) is 21.1 Å². The van der Waals surface area contributed by atoms with Crippen LogP contribution in [0.15, 0.2) is 52.3 Å². The van der Waals surface area contributed by atoms with E-state index in [9.17, 15) is 14.0 Å². The average molecular weight is 553 g/mol. The summed E-state index contributed by atoms with van der Waals surface area (Å²) >= 11 is 6.72. The number of halogens is 2. The third-order valence-corrected chi connectivity index (χ3v) is 6.70. The fraction of sp³-hybridized carbons (Fsp3) is 0.321. The van der Waals surface area contributed by atoms with E-state index in [-0.39, 0.29) is 33.9 Å². The molecule has 1 atom stereocenters. The van der Waals surface area contributed by atoms with E-state index in [1.807, 2.05) is 25.7 Å². The van der Waals surface area contributed by atoms with Crippen LogP contribution in [0.25, 0.3) is 28.0 Å². The van der Waals surface area contributed by atoms with Gasteiger partial charge in [0, 0.05) is 30.6 Å². The maximum absolute atomic E-state index is 14.9. The van der Waals surface area contributed by atoms with Gasteiger partial charge in [-0.15, -0.1) is 6.58 Å². The fourth-order valence-corrected chi connectivity index (χ4v) is 4.75. The molecule has 0 radical (unpaired) electrons. The summed E-state index contributed by atoms with van der Waals surface area (Å²) in [7, 11) is 0. The summed E-state index contributed by atoms with van der Waals surface area (Å²) in [5.74, 6) is 0.226. The van der Waals surface area contributed by atoms with E-state index in [0.717, 1.165) is 0 Å². The third kappa shape index (κ3) is 5.42. The molecule has 11 heteroatoms. The van der Waals surface area contributed by atoms with Gasteiger partial charge in [-0.2, -0.15) is 4.98 Å². The average Bonchev–Trinajstić information content (AvgIpc) is 3.29. The van der Waals surface area contributed by atoms with Crippen molar-refractivity contribution in [3.8, 4) is 16.9 Å². The van der Waals surface area contributed by atoms with Crippen molar-refractivity contribution in [1.29, 1.82) is 0 Å². The van der Waals surface area contributed by atoms with Crippen LogP contribution in [0.1, 0.15) is 44.6 Å². The zero-order valence-corrected chi connectivity index (χ0v) is 23.0. The number of pyridine rings is 1. The second kappa shape index (κ2) is 11.8. The van der Waals surface area contributed by atoms with Crippen molar-refractivity contribution in [2.45, 2.75) is 46.1 Å². The van der Waals surface area contributed by atoms with Crippen LogP contribution in [0.2, 0.25) is 5.02 Å². The summed E-state index contributed by atoms with van der Waals surface area (Å²) in [5.41, 5.74) is 0.898. The summed E-state index contributed by atoms with van der Waals surface area (Å²) in [6.45, 7) is 12.1. The van der Waals surface area contributed by atoms with Gasteiger partial charge in [-0.25, -0.2) is 18.7 Å². The van der Waals surface area contributed by atoms with Crippen LogP contribution in [-0.4, -0.2) is 45.2 Å². The normalized spacial score (nSPS) is 12.1. The van der Waals surface area contributed by atoms with Crippen molar-refractivity contribution in [3.05, 3.63) is 75.8 Å². The Morgan fingerprint density at radius 1 is 1.26 bits per heavy atom. The van der Waals surface area contributed by atoms with E-state index < -0.39 is 11.5 Å². The Bertz CT molecular complexity index is 1580. The topological polar surface area (TPSA) is 106 Å². The second-order valence-electron chi connectivity index (χ2n) is 9.50. The Balaban J connectivity index is 2.11. The van der Waals surface area contributed by atoms with Crippen molar-refractivity contribution in [2.75, 3.05) is 18.0 Å². The fourth-order valence-electron chi connectivity index (χ4n) is 4.50. The highest BCUT2D eigenvalue weighted by Gasteiger charge is 2.27. The Morgan fingerprint density at radius 2 is 2.00 bits per heavy atom. The van der Waals surface area contributed by atoms with E-state index in [2.05, 4.69) is 22.0 Å². The molecule has 0 saturated carbocycles. The van der Waals surface area contributed by atoms with Crippen LogP contribution in [0, 0.1) is 12.7 Å². The molecule has 3 aromatic heterocycles. The van der Waals surface area contributed by atoms with Gasteiger partial charge in [-0.1, -0.05) is 48.8 Å². The van der Waals surface area contributed by atoms with Crippen LogP contribution in [0.3, 0.4) is 0 Å². The lowest BCUT2D eigenvalue weighted by atomic mass is 10.1. The number of aryl methyl sites for hydroxylation is 1. The second-order valence-corrected chi connectivity index (χ2v) is 9.91. The smallest absolute Gasteiger partial charge is 0.356 e. The molecular formula is C28H30ClFN6O3. The maximum Gasteiger partial charge on any atom is 0.356 e. The van der Waals surface area contributed by atoms with Crippen LogP contribution in [0.5, 0.6) is 0 Å². The summed E-state index contributed by atoms with van der Waals surface area (Å²) in [6.07, 6.45) is 2.97. The Kier molecular flexibility index (Phi) is 8.44. The zero-order chi connectivity index (χ0) is 28.3. The van der Waals surface area contributed by atoms with Crippen LogP contribution < -0.4 is 15.9 Å². The van der Waals surface area contributed by atoms with Gasteiger partial charge in [0.2, 0.25) is 6.41 Å². The molecule has 0 bridgehead atoms. The number of carbonyl (C=O) groups excluding carboxylic acids is 1. The molecule has 0 fully saturated rings. The molecule has 0 spiro atoms. The number of aromatic nitrogens is 4. The summed E-state index contributed by atoms with van der Waals surface area (Å²) in [6, 6.07) is 7.56. The highest BCUT2D eigenvalue weighted by Crippen LogP contribution is 2.36. The predicted octanol–water partition coefficient (Wildman–Crippen LogP) is 5.18. The first-order chi connectivity index (χ1) is 18.7. The molecule has 4 rings (SSSR count). The van der Waals surface area contributed by atoms with E-state index in [1.54, 1.807) is 37.3 Å². The van der Waals surface area contributed by atoms with Gasteiger partial charge < -0.3 is 14.7 Å². The molecule has 1 unspecified atom stereocenters. The van der Waals surface area contributed by atoms with Gasteiger partial charge >= 0.3 is 5.69 Å². The number of rotatable bonds is 11. The molecule has 0 aliphatic rings. The summed E-state index contributed by atoms with van der Waals surface area (Å²) in [5, 5.41) is 7.44. The first-order valence-electron chi connectivity index (χ1n) is 12.6. The molecule has 0 aliphatic heterocycles. The van der Waals surface area contributed by atoms with E-state index in [1.165, 1.54) is 10.6 Å². The van der Waals surface area contributed by atoms with Crippen molar-refractivity contribution in [1.82, 2.24) is 25.0 Å². The van der Waals surface area contributed by atoms with Gasteiger partial charge in [0.15, 0.2) is 11.4 Å². The van der Waals surface area contributed by atoms with Gasteiger partial charge in [0.1, 0.15) is 23.0 Å². The molecular weight excluding hydrogens is 523 g/mol.